The van der Waals surface area contributed by atoms with Gasteiger partial charge in [0.2, 0.25) is 0 Å². The highest BCUT2D eigenvalue weighted by Gasteiger charge is 2.39. The van der Waals surface area contributed by atoms with Gasteiger partial charge in [0.1, 0.15) is 12.2 Å². The first-order valence-corrected chi connectivity index (χ1v) is 3.49. The summed E-state index contributed by atoms with van der Waals surface area (Å²) in [4.78, 5) is 0. The van der Waals surface area contributed by atoms with Crippen molar-refractivity contribution in [3.8, 4) is 0 Å². The zero-order valence-corrected chi connectivity index (χ0v) is 6.21. The maximum absolute atomic E-state index is 9.17. The van der Waals surface area contributed by atoms with E-state index in [2.05, 4.69) is 0 Å². The van der Waals surface area contributed by atoms with Gasteiger partial charge in [-0.05, 0) is 6.92 Å². The summed E-state index contributed by atoms with van der Waals surface area (Å²) in [6, 6.07) is -0.929. The third kappa shape index (κ3) is 1.52. The molecule has 11 heavy (non-hydrogen) atoms. The lowest BCUT2D eigenvalue weighted by molar-refractivity contribution is -0.236. The molecule has 5 nitrogen and oxygen atoms in total. The second-order valence-electron chi connectivity index (χ2n) is 2.79. The van der Waals surface area contributed by atoms with Gasteiger partial charge in [-0.2, -0.15) is 0 Å². The van der Waals surface area contributed by atoms with Gasteiger partial charge in [0, 0.05) is 0 Å². The molecule has 0 bridgehead atoms. The van der Waals surface area contributed by atoms with Crippen molar-refractivity contribution in [1.29, 1.82) is 0 Å². The third-order valence-electron chi connectivity index (χ3n) is 1.91. The Balaban J connectivity index is 2.63. The van der Waals surface area contributed by atoms with Gasteiger partial charge in [0.25, 0.3) is 0 Å². The van der Waals surface area contributed by atoms with Gasteiger partial charge in [-0.15, -0.1) is 0 Å². The predicted molar refractivity (Wildman–Crippen MR) is 36.5 cm³/mol. The highest BCUT2D eigenvalue weighted by molar-refractivity contribution is 4.88. The fourth-order valence-electron chi connectivity index (χ4n) is 1.07. The van der Waals surface area contributed by atoms with Crippen molar-refractivity contribution >= 4 is 0 Å². The zero-order valence-electron chi connectivity index (χ0n) is 6.21. The number of nitrogens with two attached hydrogens (primary N) is 1. The first kappa shape index (κ1) is 8.89. The summed E-state index contributed by atoms with van der Waals surface area (Å²) in [5.74, 6) is 0. The van der Waals surface area contributed by atoms with Crippen LogP contribution in [0.2, 0.25) is 0 Å². The molecule has 0 aromatic rings. The van der Waals surface area contributed by atoms with Gasteiger partial charge >= 0.3 is 0 Å². The number of aliphatic hydroxyl groups excluding tert-OH is 3. The van der Waals surface area contributed by atoms with E-state index in [-0.39, 0.29) is 0 Å². The van der Waals surface area contributed by atoms with Crippen LogP contribution in [0.1, 0.15) is 6.92 Å². The van der Waals surface area contributed by atoms with Crippen molar-refractivity contribution in [1.82, 2.24) is 0 Å². The lowest BCUT2D eigenvalue weighted by Gasteiger charge is -2.37. The molecular formula is C6H13NO4. The van der Waals surface area contributed by atoms with E-state index in [9.17, 15) is 5.11 Å². The molecule has 0 aromatic heterocycles. The molecule has 0 aliphatic carbocycles. The Morgan fingerprint density at radius 3 is 2.27 bits per heavy atom. The van der Waals surface area contributed by atoms with Gasteiger partial charge in [-0.25, -0.2) is 0 Å². The van der Waals surface area contributed by atoms with E-state index in [1.54, 1.807) is 6.92 Å². The van der Waals surface area contributed by atoms with Crippen molar-refractivity contribution < 1.29 is 20.1 Å². The maximum Gasteiger partial charge on any atom is 0.172 e. The Morgan fingerprint density at radius 2 is 1.73 bits per heavy atom. The lowest BCUT2D eigenvalue weighted by Crippen LogP contribution is -2.60. The van der Waals surface area contributed by atoms with E-state index in [0.29, 0.717) is 0 Å². The first-order valence-electron chi connectivity index (χ1n) is 3.49. The molecule has 0 amide bonds. The standard InChI is InChI=1S/C6H13NO4/c1-2-4(8)5(9)3(7)6(10)11-2/h2-6,8-10H,7H2,1H3/t2-,3-,4-,5-,6?/m0/s1. The zero-order chi connectivity index (χ0) is 8.59. The Morgan fingerprint density at radius 1 is 1.18 bits per heavy atom. The van der Waals surface area contributed by atoms with Gasteiger partial charge < -0.3 is 25.8 Å². The Labute approximate surface area is 64.4 Å². The molecule has 0 radical (unpaired) electrons. The molecule has 5 N–H and O–H groups in total. The van der Waals surface area contributed by atoms with Crippen LogP contribution < -0.4 is 5.73 Å². The molecule has 5 atom stereocenters. The van der Waals surface area contributed by atoms with Crippen molar-refractivity contribution in [2.24, 2.45) is 5.73 Å². The number of rotatable bonds is 0. The van der Waals surface area contributed by atoms with Gasteiger partial charge in [0.15, 0.2) is 6.29 Å². The quantitative estimate of drug-likeness (QED) is 0.324. The minimum absolute atomic E-state index is 0.584. The van der Waals surface area contributed by atoms with Crippen molar-refractivity contribution in [3.63, 3.8) is 0 Å². The molecule has 0 saturated carbocycles. The number of aliphatic hydroxyl groups is 3. The summed E-state index contributed by atoms with van der Waals surface area (Å²) in [5.41, 5.74) is 5.29. The van der Waals surface area contributed by atoms with E-state index in [1.807, 2.05) is 0 Å². The minimum atomic E-state index is -1.19. The van der Waals surface area contributed by atoms with E-state index < -0.39 is 30.6 Å². The summed E-state index contributed by atoms with van der Waals surface area (Å²) < 4.78 is 4.80. The normalized spacial score (nSPS) is 52.6. The number of hydrogen-bond donors (Lipinski definition) is 4. The average molecular weight is 163 g/mol. The van der Waals surface area contributed by atoms with E-state index in [1.165, 1.54) is 0 Å². The Bertz CT molecular complexity index is 129. The van der Waals surface area contributed by atoms with Crippen LogP contribution in [0.5, 0.6) is 0 Å². The highest BCUT2D eigenvalue weighted by atomic mass is 16.6. The molecule has 0 aromatic carbocycles. The van der Waals surface area contributed by atoms with Gasteiger partial charge in [-0.3, -0.25) is 0 Å². The smallest absolute Gasteiger partial charge is 0.172 e. The van der Waals surface area contributed by atoms with Gasteiger partial charge in [-0.1, -0.05) is 0 Å². The van der Waals surface area contributed by atoms with Crippen LogP contribution >= 0.6 is 0 Å². The van der Waals surface area contributed by atoms with E-state index >= 15 is 0 Å². The van der Waals surface area contributed by atoms with E-state index in [0.717, 1.165) is 0 Å². The fraction of sp³-hybridized carbons (Fsp3) is 1.00. The fourth-order valence-corrected chi connectivity index (χ4v) is 1.07. The molecule has 1 unspecified atom stereocenters. The van der Waals surface area contributed by atoms with Crippen molar-refractivity contribution in [3.05, 3.63) is 0 Å². The summed E-state index contributed by atoms with van der Waals surface area (Å²) in [6.45, 7) is 1.56. The molecule has 5 heteroatoms. The molecule has 1 aliphatic rings. The highest BCUT2D eigenvalue weighted by Crippen LogP contribution is 2.17. The second kappa shape index (κ2) is 3.04. The molecule has 66 valence electrons. The number of hydrogen-bond acceptors (Lipinski definition) is 5. The summed E-state index contributed by atoms with van der Waals surface area (Å²) in [7, 11) is 0. The van der Waals surface area contributed by atoms with Crippen LogP contribution in [0.15, 0.2) is 0 Å². The Kier molecular flexibility index (Phi) is 2.46. The van der Waals surface area contributed by atoms with Crippen LogP contribution in [-0.4, -0.2) is 46.0 Å². The van der Waals surface area contributed by atoms with Crippen LogP contribution in [0.25, 0.3) is 0 Å². The van der Waals surface area contributed by atoms with Crippen molar-refractivity contribution in [2.45, 2.75) is 37.6 Å². The van der Waals surface area contributed by atoms with E-state index in [4.69, 9.17) is 20.7 Å². The summed E-state index contributed by atoms with van der Waals surface area (Å²) in [6.07, 6.45) is -3.91. The molecule has 1 rings (SSSR count). The largest absolute Gasteiger partial charge is 0.388 e. The van der Waals surface area contributed by atoms with Gasteiger partial charge in [0.05, 0.1) is 12.1 Å². The number of ether oxygens (including phenoxy) is 1. The third-order valence-corrected chi connectivity index (χ3v) is 1.91. The molecule has 1 saturated heterocycles. The van der Waals surface area contributed by atoms with Crippen LogP contribution in [0.3, 0.4) is 0 Å². The predicted octanol–water partition coefficient (Wildman–Crippen LogP) is -2.23. The molecule has 1 fully saturated rings. The molecule has 1 aliphatic heterocycles. The van der Waals surface area contributed by atoms with Crippen LogP contribution in [0, 0.1) is 0 Å². The first-order chi connectivity index (χ1) is 5.04. The molecule has 0 spiro atoms. The molecule has 1 heterocycles. The average Bonchev–Trinajstić information content (AvgIpc) is 1.97. The minimum Gasteiger partial charge on any atom is -0.388 e. The second-order valence-corrected chi connectivity index (χ2v) is 2.79. The monoisotopic (exact) mass is 163 g/mol. The van der Waals surface area contributed by atoms with Crippen LogP contribution in [0.4, 0.5) is 0 Å². The topological polar surface area (TPSA) is 95.9 Å². The summed E-state index contributed by atoms with van der Waals surface area (Å²) >= 11 is 0. The SMILES string of the molecule is C[C@@H]1OC(O)[C@@H](N)[C@H](O)[C@H]1O. The summed E-state index contributed by atoms with van der Waals surface area (Å²) in [5, 5.41) is 27.4. The Hall–Kier alpha value is -0.200. The molecular weight excluding hydrogens is 150 g/mol. The lowest BCUT2D eigenvalue weighted by atomic mass is 9.99. The maximum atomic E-state index is 9.17. The van der Waals surface area contributed by atoms with Crippen LogP contribution in [-0.2, 0) is 4.74 Å². The van der Waals surface area contributed by atoms with Crippen molar-refractivity contribution in [2.75, 3.05) is 0 Å².